The lowest BCUT2D eigenvalue weighted by Crippen LogP contribution is -2.46. The monoisotopic (exact) mass is 346 g/mol. The van der Waals surface area contributed by atoms with Gasteiger partial charge in [-0.1, -0.05) is 17.7 Å². The number of amides is 1. The summed E-state index contributed by atoms with van der Waals surface area (Å²) in [6.45, 7) is 4.14. The number of carbonyl (C=O) groups excluding carboxylic acids is 1. The second-order valence-corrected chi connectivity index (χ2v) is 7.58. The van der Waals surface area contributed by atoms with Crippen molar-refractivity contribution in [1.82, 2.24) is 5.32 Å². The molecule has 2 aliphatic rings. The van der Waals surface area contributed by atoms with E-state index in [9.17, 15) is 4.79 Å². The van der Waals surface area contributed by atoms with E-state index in [1.165, 1.54) is 11.1 Å². The first-order valence-corrected chi connectivity index (χ1v) is 9.30. The highest BCUT2D eigenvalue weighted by molar-refractivity contribution is 5.79. The summed E-state index contributed by atoms with van der Waals surface area (Å²) in [7, 11) is 1.71. The maximum Gasteiger partial charge on any atom is 0.223 e. The molecule has 0 bridgehead atoms. The Morgan fingerprint density at radius 1 is 1.36 bits per heavy atom. The fraction of sp³-hybridized carbons (Fsp3) is 0.650. The van der Waals surface area contributed by atoms with Crippen LogP contribution in [-0.2, 0) is 14.9 Å². The first-order valence-electron chi connectivity index (χ1n) is 9.30. The molecule has 3 rings (SSSR count). The van der Waals surface area contributed by atoms with E-state index in [-0.39, 0.29) is 23.3 Å². The molecule has 0 aromatic heterocycles. The Kier molecular flexibility index (Phi) is 5.64. The lowest BCUT2D eigenvalue weighted by molar-refractivity contribution is -0.125. The van der Waals surface area contributed by atoms with E-state index < -0.39 is 0 Å². The summed E-state index contributed by atoms with van der Waals surface area (Å²) in [6.07, 6.45) is 4.42. The van der Waals surface area contributed by atoms with Gasteiger partial charge in [-0.05, 0) is 45.1 Å². The van der Waals surface area contributed by atoms with Crippen molar-refractivity contribution >= 4 is 5.91 Å². The third-order valence-electron chi connectivity index (χ3n) is 5.82. The number of benzene rings is 1. The van der Waals surface area contributed by atoms with Crippen LogP contribution >= 0.6 is 0 Å². The molecule has 0 unspecified atom stereocenters. The van der Waals surface area contributed by atoms with Crippen LogP contribution in [-0.4, -0.2) is 38.8 Å². The molecular weight excluding hydrogens is 316 g/mol. The van der Waals surface area contributed by atoms with E-state index >= 15 is 0 Å². The van der Waals surface area contributed by atoms with Gasteiger partial charge in [0.05, 0.1) is 7.11 Å². The number of rotatable bonds is 5. The van der Waals surface area contributed by atoms with E-state index in [4.69, 9.17) is 15.2 Å². The molecule has 1 heterocycles. The Balaban J connectivity index is 1.79. The van der Waals surface area contributed by atoms with Gasteiger partial charge in [-0.25, -0.2) is 0 Å². The molecule has 1 aromatic carbocycles. The number of methoxy groups -OCH3 is 1. The van der Waals surface area contributed by atoms with Crippen LogP contribution in [0.3, 0.4) is 0 Å². The maximum absolute atomic E-state index is 12.6. The first kappa shape index (κ1) is 18.2. The molecule has 2 fully saturated rings. The summed E-state index contributed by atoms with van der Waals surface area (Å²) in [4.78, 5) is 12.6. The van der Waals surface area contributed by atoms with Gasteiger partial charge in [-0.3, -0.25) is 4.79 Å². The van der Waals surface area contributed by atoms with Crippen LogP contribution in [0.15, 0.2) is 18.2 Å². The van der Waals surface area contributed by atoms with E-state index in [1.807, 2.05) is 6.07 Å². The molecule has 1 aliphatic carbocycles. The highest BCUT2D eigenvalue weighted by atomic mass is 16.5. The van der Waals surface area contributed by atoms with Crippen LogP contribution in [0, 0.1) is 12.8 Å². The van der Waals surface area contributed by atoms with Gasteiger partial charge in [0.25, 0.3) is 0 Å². The standard InChI is InChI=1S/C20H30N2O3/c1-14-3-6-18(24-2)17(11-14)20(7-9-25-10-8-20)13-22-19(23)15-4-5-16(21)12-15/h3,6,11,15-16H,4-5,7-10,12-13,21H2,1-2H3,(H,22,23)/t15-,16-/m0/s1. The Bertz CT molecular complexity index is 611. The zero-order valence-corrected chi connectivity index (χ0v) is 15.3. The minimum absolute atomic E-state index is 0.0614. The van der Waals surface area contributed by atoms with Crippen LogP contribution in [0.1, 0.15) is 43.2 Å². The highest BCUT2D eigenvalue weighted by Gasteiger charge is 2.38. The summed E-state index contributed by atoms with van der Waals surface area (Å²) in [5.41, 5.74) is 8.21. The van der Waals surface area contributed by atoms with E-state index in [2.05, 4.69) is 24.4 Å². The fourth-order valence-corrected chi connectivity index (χ4v) is 4.19. The third kappa shape index (κ3) is 3.98. The number of hydrogen-bond donors (Lipinski definition) is 2. The van der Waals surface area contributed by atoms with Gasteiger partial charge >= 0.3 is 0 Å². The normalized spacial score (nSPS) is 25.6. The van der Waals surface area contributed by atoms with Gasteiger partial charge < -0.3 is 20.5 Å². The number of ether oxygens (including phenoxy) is 2. The van der Waals surface area contributed by atoms with Gasteiger partial charge in [0, 0.05) is 42.7 Å². The lowest BCUT2D eigenvalue weighted by Gasteiger charge is -2.39. The molecule has 3 N–H and O–H groups in total. The molecule has 25 heavy (non-hydrogen) atoms. The predicted molar refractivity (Wildman–Crippen MR) is 97.8 cm³/mol. The zero-order chi connectivity index (χ0) is 17.9. The van der Waals surface area contributed by atoms with Crippen LogP contribution in [0.2, 0.25) is 0 Å². The summed E-state index contributed by atoms with van der Waals surface area (Å²) in [5.74, 6) is 1.10. The second kappa shape index (κ2) is 7.75. The minimum atomic E-state index is -0.133. The molecule has 0 radical (unpaired) electrons. The average Bonchev–Trinajstić information content (AvgIpc) is 3.07. The maximum atomic E-state index is 12.6. The zero-order valence-electron chi connectivity index (χ0n) is 15.3. The smallest absolute Gasteiger partial charge is 0.223 e. The summed E-state index contributed by atoms with van der Waals surface area (Å²) in [5, 5.41) is 3.22. The molecular formula is C20H30N2O3. The van der Waals surface area contributed by atoms with Gasteiger partial charge in [0.2, 0.25) is 5.91 Å². The van der Waals surface area contributed by atoms with Crippen LogP contribution < -0.4 is 15.8 Å². The fourth-order valence-electron chi connectivity index (χ4n) is 4.19. The van der Waals surface area contributed by atoms with Gasteiger partial charge in [-0.15, -0.1) is 0 Å². The molecule has 1 saturated heterocycles. The molecule has 1 saturated carbocycles. The van der Waals surface area contributed by atoms with Crippen molar-refractivity contribution in [3.8, 4) is 5.75 Å². The first-order chi connectivity index (χ1) is 12.0. The third-order valence-corrected chi connectivity index (χ3v) is 5.82. The number of carbonyl (C=O) groups is 1. The number of hydrogen-bond acceptors (Lipinski definition) is 4. The SMILES string of the molecule is COc1ccc(C)cc1C1(CNC(=O)[C@H]2CC[C@H](N)C2)CCOCC1. The minimum Gasteiger partial charge on any atom is -0.496 e. The van der Waals surface area contributed by atoms with Crippen LogP contribution in [0.25, 0.3) is 0 Å². The topological polar surface area (TPSA) is 73.6 Å². The Hall–Kier alpha value is -1.59. The van der Waals surface area contributed by atoms with Crippen molar-refractivity contribution in [3.05, 3.63) is 29.3 Å². The van der Waals surface area contributed by atoms with Crippen molar-refractivity contribution < 1.29 is 14.3 Å². The Morgan fingerprint density at radius 3 is 2.76 bits per heavy atom. The molecule has 1 amide bonds. The van der Waals surface area contributed by atoms with Crippen molar-refractivity contribution in [1.29, 1.82) is 0 Å². The molecule has 5 heteroatoms. The summed E-state index contributed by atoms with van der Waals surface area (Å²) in [6, 6.07) is 6.46. The number of aryl methyl sites for hydroxylation is 1. The van der Waals surface area contributed by atoms with Crippen LogP contribution in [0.5, 0.6) is 5.75 Å². The largest absolute Gasteiger partial charge is 0.496 e. The summed E-state index contributed by atoms with van der Waals surface area (Å²) < 4.78 is 11.2. The summed E-state index contributed by atoms with van der Waals surface area (Å²) >= 11 is 0. The second-order valence-electron chi connectivity index (χ2n) is 7.58. The highest BCUT2D eigenvalue weighted by Crippen LogP contribution is 2.40. The molecule has 5 nitrogen and oxygen atoms in total. The predicted octanol–water partition coefficient (Wildman–Crippen LogP) is 2.30. The molecule has 0 spiro atoms. The Labute approximate surface area is 150 Å². The average molecular weight is 346 g/mol. The van der Waals surface area contributed by atoms with E-state index in [1.54, 1.807) is 7.11 Å². The molecule has 1 aromatic rings. The van der Waals surface area contributed by atoms with Crippen molar-refractivity contribution in [2.45, 2.75) is 50.5 Å². The van der Waals surface area contributed by atoms with Gasteiger partial charge in [0.15, 0.2) is 0 Å². The van der Waals surface area contributed by atoms with Gasteiger partial charge in [-0.2, -0.15) is 0 Å². The number of nitrogens with one attached hydrogen (secondary N) is 1. The van der Waals surface area contributed by atoms with E-state index in [0.29, 0.717) is 19.8 Å². The van der Waals surface area contributed by atoms with E-state index in [0.717, 1.165) is 37.9 Å². The quantitative estimate of drug-likeness (QED) is 0.858. The van der Waals surface area contributed by atoms with Crippen LogP contribution in [0.4, 0.5) is 0 Å². The van der Waals surface area contributed by atoms with Crippen molar-refractivity contribution in [2.75, 3.05) is 26.9 Å². The number of nitrogens with two attached hydrogens (primary N) is 1. The lowest BCUT2D eigenvalue weighted by atomic mass is 9.73. The van der Waals surface area contributed by atoms with Crippen molar-refractivity contribution in [2.24, 2.45) is 11.7 Å². The Morgan fingerprint density at radius 2 is 2.12 bits per heavy atom. The van der Waals surface area contributed by atoms with Crippen molar-refractivity contribution in [3.63, 3.8) is 0 Å². The molecule has 1 aliphatic heterocycles. The molecule has 2 atom stereocenters. The molecule has 138 valence electrons. The van der Waals surface area contributed by atoms with Gasteiger partial charge in [0.1, 0.15) is 5.75 Å².